The van der Waals surface area contributed by atoms with Gasteiger partial charge in [0.2, 0.25) is 0 Å². The summed E-state index contributed by atoms with van der Waals surface area (Å²) in [6, 6.07) is 7.56. The van der Waals surface area contributed by atoms with E-state index in [9.17, 15) is 9.59 Å². The lowest BCUT2D eigenvalue weighted by atomic mass is 9.94. The number of ketones is 1. The second-order valence-electron chi connectivity index (χ2n) is 6.24. The van der Waals surface area contributed by atoms with Crippen molar-refractivity contribution in [1.29, 1.82) is 0 Å². The fourth-order valence-electron chi connectivity index (χ4n) is 2.96. The number of rotatable bonds is 7. The lowest BCUT2D eigenvalue weighted by Crippen LogP contribution is -2.29. The van der Waals surface area contributed by atoms with Crippen LogP contribution in [0, 0.1) is 5.92 Å². The first kappa shape index (κ1) is 17.4. The zero-order valence-corrected chi connectivity index (χ0v) is 14.0. The minimum atomic E-state index is -0.441. The maximum Gasteiger partial charge on any atom is 0.250 e. The number of carbonyl (C=O) groups excluding carboxylic acids is 2. The van der Waals surface area contributed by atoms with Crippen LogP contribution in [0.25, 0.3) is 0 Å². The molecule has 0 aromatic heterocycles. The highest BCUT2D eigenvalue weighted by Gasteiger charge is 2.22. The Hall–Kier alpha value is -1.94. The van der Waals surface area contributed by atoms with Gasteiger partial charge in [-0.2, -0.15) is 0 Å². The minimum Gasteiger partial charge on any atom is -0.322 e. The molecular weight excluding hydrogens is 288 g/mol. The number of benzene rings is 1. The summed E-state index contributed by atoms with van der Waals surface area (Å²) < 4.78 is 0. The molecule has 0 unspecified atom stereocenters. The largest absolute Gasteiger partial charge is 0.322 e. The summed E-state index contributed by atoms with van der Waals surface area (Å²) in [4.78, 5) is 26.1. The molecule has 2 rings (SSSR count). The number of Topliss-reactive ketones (excluding diaryl/α,β-unsaturated/α-hetero) is 1. The van der Waals surface area contributed by atoms with E-state index in [1.54, 1.807) is 13.0 Å². The van der Waals surface area contributed by atoms with Crippen molar-refractivity contribution >= 4 is 17.4 Å². The predicted octanol–water partition coefficient (Wildman–Crippen LogP) is 2.85. The number of hydrogen-bond acceptors (Lipinski definition) is 3. The molecule has 2 N–H and O–H groups in total. The average Bonchev–Trinajstić information content (AvgIpc) is 2.96. The summed E-state index contributed by atoms with van der Waals surface area (Å²) in [6.07, 6.45) is 6.67. The summed E-state index contributed by atoms with van der Waals surface area (Å²) in [5.41, 5.74) is 7.86. The van der Waals surface area contributed by atoms with E-state index in [2.05, 4.69) is 13.0 Å². The van der Waals surface area contributed by atoms with Crippen LogP contribution < -0.4 is 10.6 Å². The highest BCUT2D eigenvalue weighted by Crippen LogP contribution is 2.27. The van der Waals surface area contributed by atoms with E-state index in [0.717, 1.165) is 31.5 Å². The van der Waals surface area contributed by atoms with Crippen LogP contribution in [0.5, 0.6) is 0 Å². The van der Waals surface area contributed by atoms with Crippen LogP contribution in [-0.4, -0.2) is 24.3 Å². The van der Waals surface area contributed by atoms with Crippen molar-refractivity contribution in [3.05, 3.63) is 42.0 Å². The molecule has 0 radical (unpaired) electrons. The van der Waals surface area contributed by atoms with Crippen molar-refractivity contribution in [3.8, 4) is 0 Å². The highest BCUT2D eigenvalue weighted by atomic mass is 16.2. The van der Waals surface area contributed by atoms with E-state index in [4.69, 9.17) is 5.73 Å². The third-order valence-electron chi connectivity index (χ3n) is 4.29. The fraction of sp³-hybridized carbons (Fsp3) is 0.474. The van der Waals surface area contributed by atoms with Crippen molar-refractivity contribution in [2.75, 3.05) is 11.4 Å². The number of allylic oxidation sites excluding steroid dienone is 1. The summed E-state index contributed by atoms with van der Waals surface area (Å²) >= 11 is 0. The molecule has 124 valence electrons. The number of para-hydroxylation sites is 1. The van der Waals surface area contributed by atoms with Gasteiger partial charge < -0.3 is 10.6 Å². The molecule has 1 heterocycles. The Bertz CT molecular complexity index is 593. The maximum absolute atomic E-state index is 12.5. The molecule has 0 saturated carbocycles. The second kappa shape index (κ2) is 8.06. The molecule has 2 atom stereocenters. The number of anilines is 1. The normalized spacial score (nSPS) is 16.4. The molecule has 1 aliphatic heterocycles. The first-order chi connectivity index (χ1) is 11.0. The summed E-state index contributed by atoms with van der Waals surface area (Å²) in [6.45, 7) is 4.51. The quantitative estimate of drug-likeness (QED) is 0.787. The van der Waals surface area contributed by atoms with E-state index in [-0.39, 0.29) is 17.6 Å². The van der Waals surface area contributed by atoms with Crippen molar-refractivity contribution in [2.24, 2.45) is 11.7 Å². The molecule has 1 aromatic rings. The van der Waals surface area contributed by atoms with E-state index in [1.165, 1.54) is 5.56 Å². The van der Waals surface area contributed by atoms with Gasteiger partial charge in [0, 0.05) is 18.7 Å². The monoisotopic (exact) mass is 314 g/mol. The molecule has 4 nitrogen and oxygen atoms in total. The lowest BCUT2D eigenvalue weighted by Gasteiger charge is -2.16. The van der Waals surface area contributed by atoms with Crippen LogP contribution in [0.4, 0.5) is 5.69 Å². The van der Waals surface area contributed by atoms with Gasteiger partial charge in [0.05, 0.1) is 6.04 Å². The van der Waals surface area contributed by atoms with Crippen LogP contribution in [0.15, 0.2) is 36.4 Å². The smallest absolute Gasteiger partial charge is 0.250 e. The average molecular weight is 314 g/mol. The lowest BCUT2D eigenvalue weighted by molar-refractivity contribution is -0.120. The Morgan fingerprint density at radius 2 is 2.09 bits per heavy atom. The first-order valence-corrected chi connectivity index (χ1v) is 8.38. The SMILES string of the molecule is CCC[C@@H](/C=C/C(=O)N1CCc2ccccc21)CC(=O)[C@H](C)N. The number of nitrogens with zero attached hydrogens (tertiary/aromatic N) is 1. The third-order valence-corrected chi connectivity index (χ3v) is 4.29. The van der Waals surface area contributed by atoms with E-state index < -0.39 is 6.04 Å². The summed E-state index contributed by atoms with van der Waals surface area (Å²) in [5.74, 6) is 0.122. The van der Waals surface area contributed by atoms with Crippen LogP contribution in [0.3, 0.4) is 0 Å². The number of carbonyl (C=O) groups is 2. The zero-order chi connectivity index (χ0) is 16.8. The van der Waals surface area contributed by atoms with Gasteiger partial charge in [-0.1, -0.05) is 37.6 Å². The predicted molar refractivity (Wildman–Crippen MR) is 93.3 cm³/mol. The van der Waals surface area contributed by atoms with Gasteiger partial charge in [-0.25, -0.2) is 0 Å². The van der Waals surface area contributed by atoms with Gasteiger partial charge in [-0.15, -0.1) is 0 Å². The van der Waals surface area contributed by atoms with Crippen LogP contribution in [0.2, 0.25) is 0 Å². The molecule has 0 saturated heterocycles. The van der Waals surface area contributed by atoms with Gasteiger partial charge in [0.15, 0.2) is 0 Å². The van der Waals surface area contributed by atoms with Crippen LogP contribution >= 0.6 is 0 Å². The fourth-order valence-corrected chi connectivity index (χ4v) is 2.96. The van der Waals surface area contributed by atoms with Crippen molar-refractivity contribution in [2.45, 2.75) is 45.6 Å². The second-order valence-corrected chi connectivity index (χ2v) is 6.24. The molecule has 0 fully saturated rings. The van der Waals surface area contributed by atoms with Gasteiger partial charge >= 0.3 is 0 Å². The van der Waals surface area contributed by atoms with Gasteiger partial charge in [-0.3, -0.25) is 9.59 Å². The molecule has 23 heavy (non-hydrogen) atoms. The first-order valence-electron chi connectivity index (χ1n) is 8.38. The number of fused-ring (bicyclic) bond motifs is 1. The third kappa shape index (κ3) is 4.52. The Kier molecular flexibility index (Phi) is 6.11. The van der Waals surface area contributed by atoms with Crippen molar-refractivity contribution in [3.63, 3.8) is 0 Å². The maximum atomic E-state index is 12.5. The van der Waals surface area contributed by atoms with E-state index in [0.29, 0.717) is 6.42 Å². The number of hydrogen-bond donors (Lipinski definition) is 1. The molecule has 0 spiro atoms. The summed E-state index contributed by atoms with van der Waals surface area (Å²) in [5, 5.41) is 0. The Labute approximate surface area is 138 Å². The molecule has 4 heteroatoms. The molecule has 0 aliphatic carbocycles. The Morgan fingerprint density at radius 1 is 1.35 bits per heavy atom. The molecule has 1 amide bonds. The highest BCUT2D eigenvalue weighted by molar-refractivity contribution is 6.02. The molecule has 0 bridgehead atoms. The van der Waals surface area contributed by atoms with E-state index >= 15 is 0 Å². The van der Waals surface area contributed by atoms with Crippen LogP contribution in [0.1, 0.15) is 38.7 Å². The molecular formula is C19H26N2O2. The van der Waals surface area contributed by atoms with E-state index in [1.807, 2.05) is 29.2 Å². The van der Waals surface area contributed by atoms with Gasteiger partial charge in [-0.05, 0) is 43.4 Å². The molecule has 1 aliphatic rings. The van der Waals surface area contributed by atoms with Crippen molar-refractivity contribution in [1.82, 2.24) is 0 Å². The van der Waals surface area contributed by atoms with Crippen molar-refractivity contribution < 1.29 is 9.59 Å². The van der Waals surface area contributed by atoms with Gasteiger partial charge in [0.25, 0.3) is 5.91 Å². The topological polar surface area (TPSA) is 63.4 Å². The zero-order valence-electron chi connectivity index (χ0n) is 14.0. The summed E-state index contributed by atoms with van der Waals surface area (Å²) in [7, 11) is 0. The van der Waals surface area contributed by atoms with Gasteiger partial charge in [0.1, 0.15) is 5.78 Å². The minimum absolute atomic E-state index is 0.00991. The van der Waals surface area contributed by atoms with Crippen LogP contribution in [-0.2, 0) is 16.0 Å². The number of nitrogens with two attached hydrogens (primary N) is 1. The Morgan fingerprint density at radius 3 is 2.78 bits per heavy atom. The standard InChI is InChI=1S/C19H26N2O2/c1-3-6-15(13-18(22)14(2)20)9-10-19(23)21-12-11-16-7-4-5-8-17(16)21/h4-5,7-10,14-15H,3,6,11-13,20H2,1-2H3/b10-9+/t14-,15-/m0/s1. The number of amides is 1. The molecule has 1 aromatic carbocycles. The Balaban J connectivity index is 2.02.